The Morgan fingerprint density at radius 2 is 1.71 bits per heavy atom. The van der Waals surface area contributed by atoms with Crippen molar-refractivity contribution in [2.45, 2.75) is 13.2 Å². The molecule has 0 saturated carbocycles. The minimum Gasteiger partial charge on any atom is -0.362 e. The smallest absolute Gasteiger partial charge is 0.218 e. The molecule has 0 atom stereocenters. The second kappa shape index (κ2) is 3.81. The molecule has 0 heterocycles. The van der Waals surface area contributed by atoms with Crippen LogP contribution in [0.3, 0.4) is 0 Å². The molecule has 0 aliphatic rings. The Morgan fingerprint density at radius 1 is 1.29 bits per heavy atom. The summed E-state index contributed by atoms with van der Waals surface area (Å²) in [4.78, 5) is 10.9. The Balaban J connectivity index is 3.19. The van der Waals surface area contributed by atoms with Crippen molar-refractivity contribution in [1.29, 1.82) is 0 Å². The fourth-order valence-corrected chi connectivity index (χ4v) is 0.937. The fourth-order valence-electron chi connectivity index (χ4n) is 0.937. The maximum absolute atomic E-state index is 12.9. The van der Waals surface area contributed by atoms with Gasteiger partial charge < -0.3 is 10.2 Å². The van der Waals surface area contributed by atoms with Gasteiger partial charge >= 0.3 is 0 Å². The van der Waals surface area contributed by atoms with Gasteiger partial charge in [-0.1, -0.05) is 0 Å². The topological polar surface area (TPSA) is 57.5 Å². The summed E-state index contributed by atoms with van der Waals surface area (Å²) < 4.78 is 25.8. The lowest BCUT2D eigenvalue weighted by atomic mass is 10.1. The van der Waals surface area contributed by atoms with Crippen LogP contribution in [-0.2, 0) is 0 Å². The third-order valence-electron chi connectivity index (χ3n) is 1.80. The van der Waals surface area contributed by atoms with Gasteiger partial charge in [0.05, 0.1) is 0 Å². The molecule has 14 heavy (non-hydrogen) atoms. The van der Waals surface area contributed by atoms with Crippen LogP contribution in [0.5, 0.6) is 0 Å². The number of rotatable bonds is 2. The van der Waals surface area contributed by atoms with Crippen LogP contribution >= 0.6 is 0 Å². The van der Waals surface area contributed by atoms with E-state index in [1.165, 1.54) is 6.92 Å². The molecule has 3 nitrogen and oxygen atoms in total. The van der Waals surface area contributed by atoms with E-state index in [0.29, 0.717) is 0 Å². The molecule has 76 valence electrons. The average Bonchev–Trinajstić information content (AvgIpc) is 2.12. The highest BCUT2D eigenvalue weighted by atomic mass is 19.1. The second-order valence-corrected chi connectivity index (χ2v) is 2.80. The minimum atomic E-state index is -2.25. The van der Waals surface area contributed by atoms with E-state index in [2.05, 4.69) is 0 Å². The monoisotopic (exact) mass is 202 g/mol. The first-order valence-electron chi connectivity index (χ1n) is 3.79. The molecular formula is C9H8F2O3. The van der Waals surface area contributed by atoms with Crippen molar-refractivity contribution in [2.75, 3.05) is 0 Å². The van der Waals surface area contributed by atoms with Crippen LogP contribution in [0.4, 0.5) is 8.78 Å². The average molecular weight is 202 g/mol. The Kier molecular flexibility index (Phi) is 2.93. The Morgan fingerprint density at radius 3 is 2.07 bits per heavy atom. The quantitative estimate of drug-likeness (QED) is 0.550. The van der Waals surface area contributed by atoms with Crippen molar-refractivity contribution in [3.8, 4) is 0 Å². The van der Waals surface area contributed by atoms with Crippen molar-refractivity contribution in [2.24, 2.45) is 0 Å². The molecule has 0 unspecified atom stereocenters. The zero-order valence-corrected chi connectivity index (χ0v) is 7.29. The van der Waals surface area contributed by atoms with Gasteiger partial charge in [0.1, 0.15) is 11.6 Å². The van der Waals surface area contributed by atoms with Gasteiger partial charge in [-0.3, -0.25) is 4.79 Å². The number of hydrogen-bond acceptors (Lipinski definition) is 3. The Labute approximate surface area is 78.6 Å². The zero-order valence-electron chi connectivity index (χ0n) is 7.29. The standard InChI is InChI=1S/C9H8F2O3/c1-4-6(10)2-5(3-7(4)11)8(12)9(13)14/h2-3,9,13-14H,1H3. The van der Waals surface area contributed by atoms with Gasteiger partial charge in [-0.05, 0) is 19.1 Å². The molecule has 0 aromatic heterocycles. The molecule has 1 aromatic carbocycles. The second-order valence-electron chi connectivity index (χ2n) is 2.80. The summed E-state index contributed by atoms with van der Waals surface area (Å²) in [6.45, 7) is 1.22. The van der Waals surface area contributed by atoms with Crippen LogP contribution in [-0.4, -0.2) is 22.3 Å². The molecular weight excluding hydrogens is 194 g/mol. The summed E-state index contributed by atoms with van der Waals surface area (Å²) in [6.07, 6.45) is -2.25. The van der Waals surface area contributed by atoms with Gasteiger partial charge in [-0.2, -0.15) is 0 Å². The van der Waals surface area contributed by atoms with E-state index in [1.54, 1.807) is 0 Å². The summed E-state index contributed by atoms with van der Waals surface area (Å²) in [5, 5.41) is 17.0. The highest BCUT2D eigenvalue weighted by Crippen LogP contribution is 2.15. The zero-order chi connectivity index (χ0) is 10.9. The van der Waals surface area contributed by atoms with Crippen LogP contribution in [0.1, 0.15) is 15.9 Å². The number of carbonyl (C=O) groups excluding carboxylic acids is 1. The van der Waals surface area contributed by atoms with Crippen LogP contribution < -0.4 is 0 Å². The Hall–Kier alpha value is -1.33. The fraction of sp³-hybridized carbons (Fsp3) is 0.222. The van der Waals surface area contributed by atoms with E-state index in [1.807, 2.05) is 0 Å². The first-order valence-corrected chi connectivity index (χ1v) is 3.79. The van der Waals surface area contributed by atoms with E-state index < -0.39 is 29.3 Å². The van der Waals surface area contributed by atoms with Crippen molar-refractivity contribution in [3.63, 3.8) is 0 Å². The van der Waals surface area contributed by atoms with Crippen molar-refractivity contribution in [1.82, 2.24) is 0 Å². The lowest BCUT2D eigenvalue weighted by Crippen LogP contribution is -2.19. The van der Waals surface area contributed by atoms with Gasteiger partial charge in [0.25, 0.3) is 0 Å². The molecule has 0 aliphatic heterocycles. The van der Waals surface area contributed by atoms with Crippen molar-refractivity contribution >= 4 is 5.78 Å². The van der Waals surface area contributed by atoms with Gasteiger partial charge in [0.15, 0.2) is 0 Å². The largest absolute Gasteiger partial charge is 0.362 e. The van der Waals surface area contributed by atoms with Gasteiger partial charge in [0, 0.05) is 11.1 Å². The van der Waals surface area contributed by atoms with E-state index in [0.717, 1.165) is 12.1 Å². The number of aliphatic hydroxyl groups is 2. The predicted octanol–water partition coefficient (Wildman–Crippen LogP) is 0.767. The van der Waals surface area contributed by atoms with Gasteiger partial charge in [0.2, 0.25) is 12.1 Å². The molecule has 5 heteroatoms. The molecule has 2 N–H and O–H groups in total. The van der Waals surface area contributed by atoms with Crippen molar-refractivity contribution in [3.05, 3.63) is 34.9 Å². The highest BCUT2D eigenvalue weighted by Gasteiger charge is 2.17. The molecule has 0 amide bonds. The maximum Gasteiger partial charge on any atom is 0.218 e. The summed E-state index contributed by atoms with van der Waals surface area (Å²) in [5.41, 5.74) is -0.616. The molecule has 1 aromatic rings. The number of hydrogen-bond donors (Lipinski definition) is 2. The SMILES string of the molecule is Cc1c(F)cc(C(=O)C(O)O)cc1F. The maximum atomic E-state index is 12.9. The number of benzene rings is 1. The first kappa shape index (κ1) is 10.7. The van der Waals surface area contributed by atoms with Crippen LogP contribution in [0, 0.1) is 18.6 Å². The predicted molar refractivity (Wildman–Crippen MR) is 43.7 cm³/mol. The van der Waals surface area contributed by atoms with E-state index >= 15 is 0 Å². The number of carbonyl (C=O) groups is 1. The van der Waals surface area contributed by atoms with Crippen molar-refractivity contribution < 1.29 is 23.8 Å². The lowest BCUT2D eigenvalue weighted by Gasteiger charge is -2.05. The van der Waals surface area contributed by atoms with Gasteiger partial charge in [-0.15, -0.1) is 0 Å². The van der Waals surface area contributed by atoms with E-state index in [4.69, 9.17) is 10.2 Å². The lowest BCUT2D eigenvalue weighted by molar-refractivity contribution is -0.0195. The van der Waals surface area contributed by atoms with Crippen LogP contribution in [0.2, 0.25) is 0 Å². The minimum absolute atomic E-state index is 0.214. The third-order valence-corrected chi connectivity index (χ3v) is 1.80. The molecule has 0 spiro atoms. The van der Waals surface area contributed by atoms with Crippen LogP contribution in [0.15, 0.2) is 12.1 Å². The molecule has 1 rings (SSSR count). The Bertz CT molecular complexity index is 351. The molecule has 0 fully saturated rings. The third kappa shape index (κ3) is 1.94. The summed E-state index contributed by atoms with van der Waals surface area (Å²) in [5.74, 6) is -2.93. The summed E-state index contributed by atoms with van der Waals surface area (Å²) in [7, 11) is 0. The normalized spacial score (nSPS) is 10.7. The number of ketones is 1. The summed E-state index contributed by atoms with van der Waals surface area (Å²) in [6, 6.07) is 1.53. The molecule has 0 aliphatic carbocycles. The van der Waals surface area contributed by atoms with E-state index in [-0.39, 0.29) is 5.56 Å². The number of Topliss-reactive ketones (excluding diaryl/α,β-unsaturated/α-hetero) is 1. The first-order chi connectivity index (χ1) is 6.43. The van der Waals surface area contributed by atoms with Gasteiger partial charge in [-0.25, -0.2) is 8.78 Å². The van der Waals surface area contributed by atoms with Crippen LogP contribution in [0.25, 0.3) is 0 Å². The van der Waals surface area contributed by atoms with E-state index in [9.17, 15) is 13.6 Å². The highest BCUT2D eigenvalue weighted by molar-refractivity contribution is 5.98. The molecule has 0 radical (unpaired) electrons. The number of halogens is 2. The molecule has 0 saturated heterocycles. The summed E-state index contributed by atoms with van der Waals surface area (Å²) >= 11 is 0. The molecule has 0 bridgehead atoms. The number of aliphatic hydroxyl groups excluding tert-OH is 1.